The van der Waals surface area contributed by atoms with Crippen LogP contribution in [0.1, 0.15) is 34.3 Å². The largest absolute Gasteiger partial charge is 0.491 e. The second-order valence-electron chi connectivity index (χ2n) is 6.94. The predicted octanol–water partition coefficient (Wildman–Crippen LogP) is 2.90. The normalized spacial score (nSPS) is 14.8. The molecule has 28 heavy (non-hydrogen) atoms. The zero-order chi connectivity index (χ0) is 20.1. The Morgan fingerprint density at radius 2 is 1.82 bits per heavy atom. The van der Waals surface area contributed by atoms with Crippen LogP contribution in [0.3, 0.4) is 0 Å². The molecule has 1 amide bonds. The van der Waals surface area contributed by atoms with Gasteiger partial charge in [-0.15, -0.1) is 0 Å². The lowest BCUT2D eigenvalue weighted by Gasteiger charge is -2.16. The summed E-state index contributed by atoms with van der Waals surface area (Å²) in [5, 5.41) is 2.78. The third-order valence-corrected chi connectivity index (χ3v) is 6.89. The summed E-state index contributed by atoms with van der Waals surface area (Å²) in [6.07, 6.45) is 1.75. The number of nitrogens with zero attached hydrogens (tertiary/aromatic N) is 1. The molecule has 0 aromatic heterocycles. The Hall–Kier alpha value is -2.38. The van der Waals surface area contributed by atoms with Crippen LogP contribution in [-0.2, 0) is 10.0 Å². The van der Waals surface area contributed by atoms with E-state index in [4.69, 9.17) is 4.74 Å². The zero-order valence-corrected chi connectivity index (χ0v) is 17.1. The molecule has 0 spiro atoms. The van der Waals surface area contributed by atoms with Gasteiger partial charge in [-0.2, -0.15) is 4.31 Å². The van der Waals surface area contributed by atoms with Crippen LogP contribution < -0.4 is 10.1 Å². The molecule has 7 heteroatoms. The van der Waals surface area contributed by atoms with Crippen LogP contribution in [0.15, 0.2) is 47.4 Å². The second-order valence-corrected chi connectivity index (χ2v) is 8.88. The van der Waals surface area contributed by atoms with E-state index in [1.165, 1.54) is 16.4 Å². The van der Waals surface area contributed by atoms with E-state index in [9.17, 15) is 13.2 Å². The number of amides is 1. The third-order valence-electron chi connectivity index (χ3n) is 5.00. The van der Waals surface area contributed by atoms with E-state index in [0.29, 0.717) is 31.8 Å². The van der Waals surface area contributed by atoms with Crippen molar-refractivity contribution in [2.24, 2.45) is 0 Å². The van der Waals surface area contributed by atoms with Gasteiger partial charge >= 0.3 is 0 Å². The Balaban J connectivity index is 1.58. The first-order valence-electron chi connectivity index (χ1n) is 9.47. The number of carbonyl (C=O) groups is 1. The molecule has 2 aromatic carbocycles. The number of hydrogen-bond acceptors (Lipinski definition) is 4. The lowest BCUT2D eigenvalue weighted by Crippen LogP contribution is -2.30. The van der Waals surface area contributed by atoms with Crippen LogP contribution >= 0.6 is 0 Å². The maximum Gasteiger partial charge on any atom is 0.251 e. The van der Waals surface area contributed by atoms with E-state index < -0.39 is 10.0 Å². The average molecular weight is 403 g/mol. The molecule has 150 valence electrons. The van der Waals surface area contributed by atoms with E-state index >= 15 is 0 Å². The van der Waals surface area contributed by atoms with Gasteiger partial charge in [-0.05, 0) is 62.1 Å². The fraction of sp³-hybridized carbons (Fsp3) is 0.381. The van der Waals surface area contributed by atoms with Gasteiger partial charge < -0.3 is 10.1 Å². The van der Waals surface area contributed by atoms with Gasteiger partial charge in [0, 0.05) is 18.7 Å². The van der Waals surface area contributed by atoms with Crippen molar-refractivity contribution in [3.63, 3.8) is 0 Å². The van der Waals surface area contributed by atoms with Crippen molar-refractivity contribution in [2.45, 2.75) is 31.6 Å². The maximum atomic E-state index is 12.7. The molecule has 0 unspecified atom stereocenters. The highest BCUT2D eigenvalue weighted by atomic mass is 32.2. The van der Waals surface area contributed by atoms with Crippen LogP contribution in [0.2, 0.25) is 0 Å². The van der Waals surface area contributed by atoms with Crippen molar-refractivity contribution < 1.29 is 17.9 Å². The van der Waals surface area contributed by atoms with E-state index in [1.807, 2.05) is 32.0 Å². The van der Waals surface area contributed by atoms with Gasteiger partial charge in [0.15, 0.2) is 0 Å². The Kier molecular flexibility index (Phi) is 6.36. The van der Waals surface area contributed by atoms with Crippen LogP contribution in [0.25, 0.3) is 0 Å². The fourth-order valence-electron chi connectivity index (χ4n) is 3.18. The number of hydrogen-bond donors (Lipinski definition) is 1. The van der Waals surface area contributed by atoms with Gasteiger partial charge in [-0.1, -0.05) is 18.2 Å². The van der Waals surface area contributed by atoms with Crippen LogP contribution in [0.5, 0.6) is 5.75 Å². The molecule has 1 aliphatic rings. The molecule has 0 atom stereocenters. The van der Waals surface area contributed by atoms with E-state index in [0.717, 1.165) is 29.7 Å². The predicted molar refractivity (Wildman–Crippen MR) is 108 cm³/mol. The Morgan fingerprint density at radius 1 is 1.11 bits per heavy atom. The molecule has 0 aliphatic carbocycles. The maximum absolute atomic E-state index is 12.7. The monoisotopic (exact) mass is 402 g/mol. The number of ether oxygens (including phenoxy) is 1. The summed E-state index contributed by atoms with van der Waals surface area (Å²) in [6.45, 7) is 5.75. The standard InChI is InChI=1S/C21H26N2O4S/c1-16-7-5-10-20(17(16)2)27-14-11-22-21(24)18-8-6-9-19(15-18)28(25,26)23-12-3-4-13-23/h5-10,15H,3-4,11-14H2,1-2H3,(H,22,24). The first-order valence-corrected chi connectivity index (χ1v) is 10.9. The number of benzene rings is 2. The smallest absolute Gasteiger partial charge is 0.251 e. The first-order chi connectivity index (χ1) is 13.4. The summed E-state index contributed by atoms with van der Waals surface area (Å²) in [5.74, 6) is 0.482. The summed E-state index contributed by atoms with van der Waals surface area (Å²) < 4.78 is 32.5. The van der Waals surface area contributed by atoms with Crippen molar-refractivity contribution in [3.8, 4) is 5.75 Å². The van der Waals surface area contributed by atoms with E-state index in [2.05, 4.69) is 5.32 Å². The Bertz CT molecular complexity index is 951. The van der Waals surface area contributed by atoms with Gasteiger partial charge in [0.25, 0.3) is 5.91 Å². The summed E-state index contributed by atoms with van der Waals surface area (Å²) in [6, 6.07) is 12.0. The SMILES string of the molecule is Cc1cccc(OCCNC(=O)c2cccc(S(=O)(=O)N3CCCC3)c2)c1C. The van der Waals surface area contributed by atoms with Crippen molar-refractivity contribution >= 4 is 15.9 Å². The third kappa shape index (κ3) is 4.54. The quantitative estimate of drug-likeness (QED) is 0.723. The number of sulfonamides is 1. The second kappa shape index (κ2) is 8.75. The first kappa shape index (κ1) is 20.4. The van der Waals surface area contributed by atoms with Crippen LogP contribution in [0, 0.1) is 13.8 Å². The number of aryl methyl sites for hydroxylation is 1. The molecular weight excluding hydrogens is 376 g/mol. The minimum absolute atomic E-state index is 0.161. The number of rotatable bonds is 7. The summed E-state index contributed by atoms with van der Waals surface area (Å²) in [4.78, 5) is 12.6. The molecule has 1 heterocycles. The van der Waals surface area contributed by atoms with Crippen molar-refractivity contribution in [1.82, 2.24) is 9.62 Å². The van der Waals surface area contributed by atoms with Gasteiger partial charge in [0.1, 0.15) is 12.4 Å². The molecule has 1 aliphatic heterocycles. The molecule has 0 saturated carbocycles. The summed E-state index contributed by atoms with van der Waals surface area (Å²) in [5.41, 5.74) is 2.55. The van der Waals surface area contributed by atoms with E-state index in [1.54, 1.807) is 12.1 Å². The lowest BCUT2D eigenvalue weighted by molar-refractivity contribution is 0.0946. The molecule has 6 nitrogen and oxygen atoms in total. The van der Waals surface area contributed by atoms with Crippen molar-refractivity contribution in [1.29, 1.82) is 0 Å². The Labute approximate surface area is 166 Å². The molecule has 2 aromatic rings. The number of nitrogens with one attached hydrogen (secondary N) is 1. The molecule has 1 fully saturated rings. The van der Waals surface area contributed by atoms with Gasteiger partial charge in [-0.25, -0.2) is 8.42 Å². The molecule has 0 radical (unpaired) electrons. The minimum atomic E-state index is -3.54. The Morgan fingerprint density at radius 3 is 2.57 bits per heavy atom. The fourth-order valence-corrected chi connectivity index (χ4v) is 4.75. The highest BCUT2D eigenvalue weighted by molar-refractivity contribution is 7.89. The molecule has 1 N–H and O–H groups in total. The van der Waals surface area contributed by atoms with Gasteiger partial charge in [0.05, 0.1) is 11.4 Å². The van der Waals surface area contributed by atoms with E-state index in [-0.39, 0.29) is 10.8 Å². The van der Waals surface area contributed by atoms with Gasteiger partial charge in [0.2, 0.25) is 10.0 Å². The summed E-state index contributed by atoms with van der Waals surface area (Å²) in [7, 11) is -3.54. The minimum Gasteiger partial charge on any atom is -0.491 e. The average Bonchev–Trinajstić information content (AvgIpc) is 3.24. The number of carbonyl (C=O) groups excluding carboxylic acids is 1. The van der Waals surface area contributed by atoms with Crippen LogP contribution in [-0.4, -0.2) is 44.9 Å². The van der Waals surface area contributed by atoms with Crippen LogP contribution in [0.4, 0.5) is 0 Å². The molecule has 1 saturated heterocycles. The lowest BCUT2D eigenvalue weighted by atomic mass is 10.1. The van der Waals surface area contributed by atoms with Crippen molar-refractivity contribution in [3.05, 3.63) is 59.2 Å². The van der Waals surface area contributed by atoms with Crippen molar-refractivity contribution in [2.75, 3.05) is 26.2 Å². The highest BCUT2D eigenvalue weighted by Gasteiger charge is 2.27. The zero-order valence-electron chi connectivity index (χ0n) is 16.3. The summed E-state index contributed by atoms with van der Waals surface area (Å²) >= 11 is 0. The molecule has 3 rings (SSSR count). The molecule has 0 bridgehead atoms. The highest BCUT2D eigenvalue weighted by Crippen LogP contribution is 2.22. The topological polar surface area (TPSA) is 75.7 Å². The van der Waals surface area contributed by atoms with Gasteiger partial charge in [-0.3, -0.25) is 4.79 Å². The molecular formula is C21H26N2O4S.